The van der Waals surface area contributed by atoms with Gasteiger partial charge < -0.3 is 15.5 Å². The lowest BCUT2D eigenvalue weighted by molar-refractivity contribution is 0.0897. The molecule has 2 amide bonds. The molecule has 1 aliphatic heterocycles. The van der Waals surface area contributed by atoms with Crippen molar-refractivity contribution >= 4 is 11.7 Å². The van der Waals surface area contributed by atoms with Gasteiger partial charge in [-0.05, 0) is 62.5 Å². The summed E-state index contributed by atoms with van der Waals surface area (Å²) in [6.07, 6.45) is 11.0. The van der Waals surface area contributed by atoms with Crippen molar-refractivity contribution in [1.29, 1.82) is 0 Å². The standard InChI is InChI=1S/C23H35N3O/c1-2-23(16-18-7-6-8-19(15-18)17-23)25-22(27)24-20-11-13-26(14-12-20)21-9-4-3-5-10-21/h3-5,9-10,18-20H,2,6-8,11-17H2,1H3,(H2,24,25,27). The van der Waals surface area contributed by atoms with Crippen LogP contribution in [0.5, 0.6) is 0 Å². The van der Waals surface area contributed by atoms with E-state index in [0.29, 0.717) is 6.04 Å². The topological polar surface area (TPSA) is 44.4 Å². The van der Waals surface area contributed by atoms with Crippen LogP contribution in [-0.2, 0) is 0 Å². The zero-order chi connectivity index (χ0) is 18.7. The number of nitrogens with zero attached hydrogens (tertiary/aromatic N) is 1. The summed E-state index contributed by atoms with van der Waals surface area (Å²) in [6.45, 7) is 4.27. The van der Waals surface area contributed by atoms with Crippen molar-refractivity contribution in [2.45, 2.75) is 76.3 Å². The van der Waals surface area contributed by atoms with Crippen LogP contribution in [0.1, 0.15) is 64.7 Å². The fourth-order valence-electron chi connectivity index (χ4n) is 5.82. The molecule has 1 aromatic rings. The molecular weight excluding hydrogens is 334 g/mol. The van der Waals surface area contributed by atoms with Crippen molar-refractivity contribution in [2.75, 3.05) is 18.0 Å². The number of fused-ring (bicyclic) bond motifs is 2. The summed E-state index contributed by atoms with van der Waals surface area (Å²) in [4.78, 5) is 15.2. The van der Waals surface area contributed by atoms with E-state index in [1.54, 1.807) is 0 Å². The first kappa shape index (κ1) is 18.6. The Morgan fingerprint density at radius 2 is 1.74 bits per heavy atom. The third kappa shape index (κ3) is 4.41. The number of para-hydroxylation sites is 1. The van der Waals surface area contributed by atoms with Crippen LogP contribution in [0.15, 0.2) is 30.3 Å². The van der Waals surface area contributed by atoms with Crippen molar-refractivity contribution in [2.24, 2.45) is 11.8 Å². The monoisotopic (exact) mass is 369 g/mol. The molecule has 4 rings (SSSR count). The van der Waals surface area contributed by atoms with Crippen LogP contribution in [0.4, 0.5) is 10.5 Å². The van der Waals surface area contributed by atoms with E-state index in [4.69, 9.17) is 0 Å². The Bertz CT molecular complexity index is 612. The first-order valence-corrected chi connectivity index (χ1v) is 11.0. The second kappa shape index (κ2) is 8.12. The Labute approximate surface area is 164 Å². The molecule has 3 aliphatic rings. The third-order valence-corrected chi connectivity index (χ3v) is 7.26. The maximum absolute atomic E-state index is 12.8. The highest BCUT2D eigenvalue weighted by molar-refractivity contribution is 5.75. The van der Waals surface area contributed by atoms with Gasteiger partial charge in [-0.3, -0.25) is 0 Å². The second-order valence-electron chi connectivity index (χ2n) is 9.14. The lowest BCUT2D eigenvalue weighted by Gasteiger charge is -2.47. The van der Waals surface area contributed by atoms with E-state index in [2.05, 4.69) is 52.8 Å². The maximum Gasteiger partial charge on any atom is 0.315 e. The number of amides is 2. The predicted molar refractivity (Wildman–Crippen MR) is 111 cm³/mol. The molecule has 2 bridgehead atoms. The number of carbonyl (C=O) groups is 1. The number of rotatable bonds is 4. The Hall–Kier alpha value is -1.71. The van der Waals surface area contributed by atoms with Gasteiger partial charge in [0.2, 0.25) is 0 Å². The molecule has 0 radical (unpaired) electrons. The van der Waals surface area contributed by atoms with Gasteiger partial charge >= 0.3 is 6.03 Å². The van der Waals surface area contributed by atoms with E-state index in [0.717, 1.165) is 44.2 Å². The highest BCUT2D eigenvalue weighted by Gasteiger charge is 2.42. The van der Waals surface area contributed by atoms with Crippen molar-refractivity contribution in [3.05, 3.63) is 30.3 Å². The number of carbonyl (C=O) groups excluding carboxylic acids is 1. The molecule has 2 atom stereocenters. The molecule has 27 heavy (non-hydrogen) atoms. The van der Waals surface area contributed by atoms with E-state index in [9.17, 15) is 4.79 Å². The van der Waals surface area contributed by atoms with Gasteiger partial charge in [-0.15, -0.1) is 0 Å². The molecule has 1 heterocycles. The van der Waals surface area contributed by atoms with E-state index in [1.165, 1.54) is 44.2 Å². The largest absolute Gasteiger partial charge is 0.371 e. The maximum atomic E-state index is 12.8. The summed E-state index contributed by atoms with van der Waals surface area (Å²) >= 11 is 0. The number of nitrogens with one attached hydrogen (secondary N) is 2. The van der Waals surface area contributed by atoms with Gasteiger partial charge in [0.1, 0.15) is 0 Å². The molecule has 1 aromatic carbocycles. The lowest BCUT2D eigenvalue weighted by Crippen LogP contribution is -2.58. The molecule has 2 unspecified atom stereocenters. The number of hydrogen-bond acceptors (Lipinski definition) is 2. The van der Waals surface area contributed by atoms with Crippen LogP contribution < -0.4 is 15.5 Å². The summed E-state index contributed by atoms with van der Waals surface area (Å²) in [5, 5.41) is 6.72. The molecular formula is C23H35N3O. The summed E-state index contributed by atoms with van der Waals surface area (Å²) in [5.74, 6) is 1.65. The number of anilines is 1. The fourth-order valence-corrected chi connectivity index (χ4v) is 5.82. The predicted octanol–water partition coefficient (Wildman–Crippen LogP) is 4.70. The zero-order valence-corrected chi connectivity index (χ0v) is 16.8. The zero-order valence-electron chi connectivity index (χ0n) is 16.8. The molecule has 3 fully saturated rings. The van der Waals surface area contributed by atoms with Crippen molar-refractivity contribution in [1.82, 2.24) is 10.6 Å². The smallest absolute Gasteiger partial charge is 0.315 e. The SMILES string of the molecule is CCC1(NC(=O)NC2CCN(c3ccccc3)CC2)CC2CCCC(C2)C1. The summed E-state index contributed by atoms with van der Waals surface area (Å²) in [6, 6.07) is 11.0. The molecule has 148 valence electrons. The van der Waals surface area contributed by atoms with Crippen LogP contribution in [0, 0.1) is 11.8 Å². The van der Waals surface area contributed by atoms with Gasteiger partial charge in [-0.25, -0.2) is 4.79 Å². The minimum absolute atomic E-state index is 0.0306. The minimum Gasteiger partial charge on any atom is -0.371 e. The minimum atomic E-state index is 0.0306. The van der Waals surface area contributed by atoms with Crippen LogP contribution in [0.25, 0.3) is 0 Å². The molecule has 1 saturated heterocycles. The number of piperidine rings is 1. The van der Waals surface area contributed by atoms with E-state index >= 15 is 0 Å². The normalized spacial score (nSPS) is 31.4. The fraction of sp³-hybridized carbons (Fsp3) is 0.696. The molecule has 2 saturated carbocycles. The number of hydrogen-bond donors (Lipinski definition) is 2. The molecule has 2 N–H and O–H groups in total. The van der Waals surface area contributed by atoms with E-state index in [1.807, 2.05) is 0 Å². The van der Waals surface area contributed by atoms with Gasteiger partial charge in [0, 0.05) is 30.4 Å². The summed E-state index contributed by atoms with van der Waals surface area (Å²) < 4.78 is 0. The summed E-state index contributed by atoms with van der Waals surface area (Å²) in [7, 11) is 0. The second-order valence-corrected chi connectivity index (χ2v) is 9.14. The van der Waals surface area contributed by atoms with Gasteiger partial charge in [0.15, 0.2) is 0 Å². The van der Waals surface area contributed by atoms with Crippen LogP contribution in [-0.4, -0.2) is 30.7 Å². The first-order chi connectivity index (χ1) is 13.2. The van der Waals surface area contributed by atoms with Gasteiger partial charge in [-0.1, -0.05) is 44.4 Å². The van der Waals surface area contributed by atoms with Crippen molar-refractivity contribution < 1.29 is 4.79 Å². The molecule has 4 heteroatoms. The van der Waals surface area contributed by atoms with Gasteiger partial charge in [0.05, 0.1) is 0 Å². The quantitative estimate of drug-likeness (QED) is 0.808. The Balaban J connectivity index is 1.28. The lowest BCUT2D eigenvalue weighted by atomic mass is 9.64. The van der Waals surface area contributed by atoms with Gasteiger partial charge in [0.25, 0.3) is 0 Å². The Morgan fingerprint density at radius 1 is 1.07 bits per heavy atom. The first-order valence-electron chi connectivity index (χ1n) is 11.0. The average Bonchev–Trinajstić information content (AvgIpc) is 2.69. The van der Waals surface area contributed by atoms with E-state index < -0.39 is 0 Å². The Kier molecular flexibility index (Phi) is 5.60. The molecule has 4 nitrogen and oxygen atoms in total. The molecule has 0 spiro atoms. The highest BCUT2D eigenvalue weighted by atomic mass is 16.2. The average molecular weight is 370 g/mol. The van der Waals surface area contributed by atoms with Crippen LogP contribution in [0.3, 0.4) is 0 Å². The van der Waals surface area contributed by atoms with Crippen molar-refractivity contribution in [3.63, 3.8) is 0 Å². The van der Waals surface area contributed by atoms with Crippen LogP contribution >= 0.6 is 0 Å². The van der Waals surface area contributed by atoms with Crippen LogP contribution in [0.2, 0.25) is 0 Å². The molecule has 2 aliphatic carbocycles. The van der Waals surface area contributed by atoms with Crippen molar-refractivity contribution in [3.8, 4) is 0 Å². The molecule has 0 aromatic heterocycles. The Morgan fingerprint density at radius 3 is 2.37 bits per heavy atom. The summed E-state index contributed by atoms with van der Waals surface area (Å²) in [5.41, 5.74) is 1.32. The van der Waals surface area contributed by atoms with Gasteiger partial charge in [-0.2, -0.15) is 0 Å². The third-order valence-electron chi connectivity index (χ3n) is 7.26. The van der Waals surface area contributed by atoms with E-state index in [-0.39, 0.29) is 11.6 Å². The highest BCUT2D eigenvalue weighted by Crippen LogP contribution is 2.45. The number of benzene rings is 1. The number of urea groups is 1.